The van der Waals surface area contributed by atoms with Crippen LogP contribution in [0.4, 0.5) is 11.6 Å². The molecule has 0 aliphatic carbocycles. The fraction of sp³-hybridized carbons (Fsp3) is 0.424. The normalized spacial score (nSPS) is 21.7. The minimum absolute atomic E-state index is 0.0708. The number of nitrogens with zero attached hydrogens (tertiary/aromatic N) is 11. The smallest absolute Gasteiger partial charge is 0.165 e. The van der Waals surface area contributed by atoms with Gasteiger partial charge in [0.15, 0.2) is 11.3 Å². The van der Waals surface area contributed by atoms with Gasteiger partial charge < -0.3 is 27.3 Å². The Kier molecular flexibility index (Phi) is 8.07. The molecule has 0 unspecified atom stereocenters. The van der Waals surface area contributed by atoms with Crippen LogP contribution in [0.5, 0.6) is 0 Å². The van der Waals surface area contributed by atoms with Crippen LogP contribution in [0, 0.1) is 0 Å². The first kappa shape index (κ1) is 31.7. The largest absolute Gasteiger partial charge is 0.411 e. The van der Waals surface area contributed by atoms with Crippen LogP contribution in [0.15, 0.2) is 54.5 Å². The van der Waals surface area contributed by atoms with Gasteiger partial charge in [-0.3, -0.25) is 4.68 Å². The molecule has 2 aliphatic rings. The number of hydrogen-bond donors (Lipinski definition) is 6. The number of nitrogens with one attached hydrogen (secondary N) is 3. The van der Waals surface area contributed by atoms with Gasteiger partial charge in [-0.15, -0.1) is 0 Å². The minimum Gasteiger partial charge on any atom is -0.411 e. The number of rotatable bonds is 8. The maximum absolute atomic E-state index is 9.16. The van der Waals surface area contributed by atoms with E-state index in [4.69, 9.17) is 26.6 Å². The number of hydrogen-bond acceptors (Lipinski definition) is 12. The molecule has 2 fully saturated rings. The third-order valence-corrected chi connectivity index (χ3v) is 10.2. The second-order valence-corrected chi connectivity index (χ2v) is 13.6. The van der Waals surface area contributed by atoms with Crippen LogP contribution in [0.25, 0.3) is 33.5 Å². The standard InChI is InChI=1S/C33H42N16O/c1-19(44-50)27-7-5-21(11-37-27)29-9-31(35)49-33(43-29)26(15-41-49)23-17-46(3)47(18-23)39-13-24-6-4-20(10-36-24)28-8-30(34)48-32(42-28)25(14-40-48)22-12-38-45(2)16-22/h8-9,12,14-18,20-21,24,27,36-37,39H,4-7,10-11,13,34-35H2,1-3H3/p+1/t20-,21-,24-,27-/m0/s1. The highest BCUT2D eigenvalue weighted by atomic mass is 16.4. The molecular weight excluding hydrogens is 636 g/mol. The molecule has 4 atom stereocenters. The van der Waals surface area contributed by atoms with E-state index in [2.05, 4.69) is 48.9 Å². The molecule has 8 heterocycles. The lowest BCUT2D eigenvalue weighted by atomic mass is 9.90. The predicted octanol–water partition coefficient (Wildman–Crippen LogP) is 1.39. The third kappa shape index (κ3) is 5.77. The van der Waals surface area contributed by atoms with Crippen molar-refractivity contribution in [1.29, 1.82) is 0 Å². The van der Waals surface area contributed by atoms with Gasteiger partial charge in [-0.05, 0) is 32.6 Å². The van der Waals surface area contributed by atoms with E-state index < -0.39 is 0 Å². The van der Waals surface area contributed by atoms with Crippen molar-refractivity contribution >= 4 is 28.6 Å². The Labute approximate surface area is 287 Å². The number of aromatic nitrogens is 10. The molecule has 2 aliphatic heterocycles. The summed E-state index contributed by atoms with van der Waals surface area (Å²) in [6.45, 7) is 4.11. The van der Waals surface area contributed by atoms with Crippen LogP contribution in [-0.4, -0.2) is 86.4 Å². The van der Waals surface area contributed by atoms with Crippen molar-refractivity contribution in [3.8, 4) is 22.3 Å². The molecule has 0 spiro atoms. The molecule has 50 heavy (non-hydrogen) atoms. The van der Waals surface area contributed by atoms with Gasteiger partial charge in [0.1, 0.15) is 31.4 Å². The van der Waals surface area contributed by atoms with E-state index in [1.807, 2.05) is 61.2 Å². The summed E-state index contributed by atoms with van der Waals surface area (Å²) in [7, 11) is 3.90. The fourth-order valence-corrected chi connectivity index (χ4v) is 7.29. The second-order valence-electron chi connectivity index (χ2n) is 13.6. The monoisotopic (exact) mass is 679 g/mol. The highest BCUT2D eigenvalue weighted by Gasteiger charge is 2.28. The zero-order valence-corrected chi connectivity index (χ0v) is 28.4. The Bertz CT molecular complexity index is 2190. The van der Waals surface area contributed by atoms with Gasteiger partial charge in [0, 0.05) is 73.5 Å². The SMILES string of the molecule is CC(=NO)[C@@H]1CC[C@H](c2cc(N)n3ncc(-c4cn(NC[C@@H]5CC[C@H](c6cc(N)n7ncc(-c8cnn(C)c8)c7n6)CN5)[n+](C)c4)c3n2)CN1. The molecule has 0 amide bonds. The second kappa shape index (κ2) is 12.7. The molecule has 8 rings (SSSR count). The number of piperidine rings is 2. The van der Waals surface area contributed by atoms with Gasteiger partial charge in [0.25, 0.3) is 0 Å². The molecule has 17 nitrogen and oxygen atoms in total. The average Bonchev–Trinajstić information content (AvgIpc) is 3.93. The van der Waals surface area contributed by atoms with Crippen molar-refractivity contribution < 1.29 is 9.89 Å². The molecule has 6 aromatic heterocycles. The van der Waals surface area contributed by atoms with E-state index >= 15 is 0 Å². The van der Waals surface area contributed by atoms with Gasteiger partial charge in [-0.25, -0.2) is 15.4 Å². The maximum Gasteiger partial charge on any atom is 0.165 e. The van der Waals surface area contributed by atoms with Crippen molar-refractivity contribution in [2.75, 3.05) is 36.5 Å². The quantitative estimate of drug-likeness (QED) is 0.0586. The van der Waals surface area contributed by atoms with Crippen LogP contribution < -0.4 is 32.2 Å². The summed E-state index contributed by atoms with van der Waals surface area (Å²) in [5, 5.41) is 33.1. The number of fused-ring (bicyclic) bond motifs is 2. The molecule has 0 radical (unpaired) electrons. The third-order valence-electron chi connectivity index (χ3n) is 10.2. The highest BCUT2D eigenvalue weighted by Crippen LogP contribution is 2.31. The number of oxime groups is 1. The number of aryl methyl sites for hydroxylation is 2. The average molecular weight is 680 g/mol. The lowest BCUT2D eigenvalue weighted by Gasteiger charge is -2.29. The Morgan fingerprint density at radius 1 is 0.900 bits per heavy atom. The topological polar surface area (TPSA) is 208 Å². The maximum atomic E-state index is 9.16. The lowest BCUT2D eigenvalue weighted by Crippen LogP contribution is -2.48. The van der Waals surface area contributed by atoms with Crippen LogP contribution in [0.3, 0.4) is 0 Å². The molecule has 2 saturated heterocycles. The lowest BCUT2D eigenvalue weighted by molar-refractivity contribution is -0.748. The molecule has 0 saturated carbocycles. The number of nitrogens with two attached hydrogens (primary N) is 2. The summed E-state index contributed by atoms with van der Waals surface area (Å²) in [5.41, 5.74) is 24.3. The molecule has 0 bridgehead atoms. The number of nitrogen functional groups attached to an aromatic ring is 2. The first-order chi connectivity index (χ1) is 24.2. The van der Waals surface area contributed by atoms with E-state index in [0.29, 0.717) is 17.3 Å². The van der Waals surface area contributed by atoms with Crippen molar-refractivity contribution in [1.82, 2.24) is 54.4 Å². The van der Waals surface area contributed by atoms with Gasteiger partial charge in [-0.2, -0.15) is 29.0 Å². The Balaban J connectivity index is 0.927. The molecule has 17 heteroatoms. The van der Waals surface area contributed by atoms with Crippen molar-refractivity contribution in [2.24, 2.45) is 19.3 Å². The van der Waals surface area contributed by atoms with Crippen molar-refractivity contribution in [2.45, 2.75) is 56.5 Å². The Hall–Kier alpha value is -5.55. The molecule has 0 aromatic carbocycles. The van der Waals surface area contributed by atoms with E-state index in [9.17, 15) is 0 Å². The van der Waals surface area contributed by atoms with Crippen molar-refractivity contribution in [3.05, 3.63) is 60.7 Å². The Morgan fingerprint density at radius 3 is 2.10 bits per heavy atom. The van der Waals surface area contributed by atoms with Gasteiger partial charge in [0.05, 0.1) is 53.0 Å². The van der Waals surface area contributed by atoms with E-state index in [-0.39, 0.29) is 23.9 Å². The first-order valence-corrected chi connectivity index (χ1v) is 17.0. The van der Waals surface area contributed by atoms with Crippen LogP contribution >= 0.6 is 0 Å². The fourth-order valence-electron chi connectivity index (χ4n) is 7.29. The highest BCUT2D eigenvalue weighted by molar-refractivity contribution is 5.86. The minimum atomic E-state index is 0.0708. The van der Waals surface area contributed by atoms with E-state index in [1.165, 1.54) is 0 Å². The van der Waals surface area contributed by atoms with Crippen LogP contribution in [-0.2, 0) is 14.1 Å². The van der Waals surface area contributed by atoms with Gasteiger partial charge >= 0.3 is 0 Å². The molecule has 8 N–H and O–H groups in total. The van der Waals surface area contributed by atoms with E-state index in [1.54, 1.807) is 19.9 Å². The summed E-state index contributed by atoms with van der Waals surface area (Å²) < 4.78 is 7.17. The summed E-state index contributed by atoms with van der Waals surface area (Å²) in [5.74, 6) is 1.56. The predicted molar refractivity (Wildman–Crippen MR) is 188 cm³/mol. The first-order valence-electron chi connectivity index (χ1n) is 17.0. The molecule has 6 aromatic rings. The van der Waals surface area contributed by atoms with Crippen molar-refractivity contribution in [3.63, 3.8) is 0 Å². The molecule has 260 valence electrons. The van der Waals surface area contributed by atoms with Crippen LogP contribution in [0.1, 0.15) is 55.8 Å². The molecular formula is C33H43N16O+. The van der Waals surface area contributed by atoms with Gasteiger partial charge in [-0.1, -0.05) is 9.95 Å². The number of anilines is 2. The zero-order chi connectivity index (χ0) is 34.5. The summed E-state index contributed by atoms with van der Waals surface area (Å²) in [4.78, 5) is 12.1. The summed E-state index contributed by atoms with van der Waals surface area (Å²) in [6, 6.07) is 4.22. The summed E-state index contributed by atoms with van der Waals surface area (Å²) in [6.07, 6.45) is 15.3. The van der Waals surface area contributed by atoms with E-state index in [0.717, 1.165) is 90.3 Å². The summed E-state index contributed by atoms with van der Waals surface area (Å²) >= 11 is 0. The Morgan fingerprint density at radius 2 is 1.54 bits per heavy atom. The van der Waals surface area contributed by atoms with Crippen LogP contribution in [0.2, 0.25) is 0 Å². The zero-order valence-electron chi connectivity index (χ0n) is 28.4. The van der Waals surface area contributed by atoms with Gasteiger partial charge in [0.2, 0.25) is 0 Å².